The van der Waals surface area contributed by atoms with Crippen LogP contribution >= 0.6 is 11.3 Å². The molecule has 1 fully saturated rings. The average Bonchev–Trinajstić information content (AvgIpc) is 2.76. The molecule has 1 aliphatic carbocycles. The number of hydrogen-bond donors (Lipinski definition) is 1. The topological polar surface area (TPSA) is 12.0 Å². The van der Waals surface area contributed by atoms with Crippen LogP contribution in [-0.2, 0) is 0 Å². The molecule has 0 amide bonds. The van der Waals surface area contributed by atoms with E-state index in [1.54, 1.807) is 0 Å². The standard InChI is InChI=1S/C14H23NS/c1-10-6-7-11(2)13(9-10)15-12(3)14-5-4-8-16-14/h4-5,8,10-13,15H,6-7,9H2,1-3H3. The molecule has 2 heteroatoms. The molecule has 16 heavy (non-hydrogen) atoms. The molecule has 1 N–H and O–H groups in total. The van der Waals surface area contributed by atoms with Crippen molar-refractivity contribution in [3.8, 4) is 0 Å². The predicted molar refractivity (Wildman–Crippen MR) is 71.8 cm³/mol. The molecule has 1 aromatic rings. The Morgan fingerprint density at radius 1 is 1.38 bits per heavy atom. The molecule has 0 spiro atoms. The van der Waals surface area contributed by atoms with Crippen LogP contribution in [0.2, 0.25) is 0 Å². The summed E-state index contributed by atoms with van der Waals surface area (Å²) in [5.41, 5.74) is 0. The minimum atomic E-state index is 0.512. The van der Waals surface area contributed by atoms with E-state index in [0.29, 0.717) is 12.1 Å². The normalized spacial score (nSPS) is 32.6. The van der Waals surface area contributed by atoms with Crippen LogP contribution in [0.3, 0.4) is 0 Å². The van der Waals surface area contributed by atoms with E-state index in [1.807, 2.05) is 11.3 Å². The van der Waals surface area contributed by atoms with Gasteiger partial charge >= 0.3 is 0 Å². The van der Waals surface area contributed by atoms with Gasteiger partial charge in [-0.15, -0.1) is 11.3 Å². The van der Waals surface area contributed by atoms with Crippen molar-refractivity contribution in [2.45, 2.75) is 52.1 Å². The van der Waals surface area contributed by atoms with Crippen molar-refractivity contribution in [2.75, 3.05) is 0 Å². The van der Waals surface area contributed by atoms with Gasteiger partial charge in [0.25, 0.3) is 0 Å². The molecule has 0 aromatic carbocycles. The molecular formula is C14H23NS. The van der Waals surface area contributed by atoms with Crippen molar-refractivity contribution in [1.82, 2.24) is 5.32 Å². The largest absolute Gasteiger partial charge is 0.306 e. The second-order valence-electron chi connectivity index (χ2n) is 5.41. The molecule has 1 saturated carbocycles. The van der Waals surface area contributed by atoms with E-state index in [2.05, 4.69) is 43.6 Å². The Morgan fingerprint density at radius 3 is 2.88 bits per heavy atom. The minimum absolute atomic E-state index is 0.512. The summed E-state index contributed by atoms with van der Waals surface area (Å²) in [5, 5.41) is 5.98. The van der Waals surface area contributed by atoms with Gasteiger partial charge in [-0.3, -0.25) is 0 Å². The molecule has 1 heterocycles. The summed E-state index contributed by atoms with van der Waals surface area (Å²) < 4.78 is 0. The Morgan fingerprint density at radius 2 is 2.19 bits per heavy atom. The van der Waals surface area contributed by atoms with Crippen LogP contribution in [-0.4, -0.2) is 6.04 Å². The highest BCUT2D eigenvalue weighted by atomic mass is 32.1. The number of thiophene rings is 1. The SMILES string of the molecule is CC1CCC(C)C(NC(C)c2cccs2)C1. The van der Waals surface area contributed by atoms with E-state index in [-0.39, 0.29) is 0 Å². The van der Waals surface area contributed by atoms with Crippen molar-refractivity contribution in [1.29, 1.82) is 0 Å². The van der Waals surface area contributed by atoms with E-state index in [4.69, 9.17) is 0 Å². The molecule has 0 saturated heterocycles. The molecule has 1 aromatic heterocycles. The van der Waals surface area contributed by atoms with E-state index in [0.717, 1.165) is 11.8 Å². The van der Waals surface area contributed by atoms with E-state index < -0.39 is 0 Å². The van der Waals surface area contributed by atoms with Gasteiger partial charge in [-0.2, -0.15) is 0 Å². The maximum absolute atomic E-state index is 3.81. The first-order valence-corrected chi connectivity index (χ1v) is 7.34. The third-order valence-corrected chi connectivity index (χ3v) is 4.95. The molecule has 4 atom stereocenters. The second kappa shape index (κ2) is 5.33. The maximum Gasteiger partial charge on any atom is 0.0388 e. The third kappa shape index (κ3) is 2.86. The van der Waals surface area contributed by atoms with Gasteiger partial charge in [0.2, 0.25) is 0 Å². The number of hydrogen-bond acceptors (Lipinski definition) is 2. The quantitative estimate of drug-likeness (QED) is 0.830. The Hall–Kier alpha value is -0.340. The molecule has 90 valence electrons. The first-order chi connectivity index (χ1) is 7.66. The van der Waals surface area contributed by atoms with E-state index in [1.165, 1.54) is 24.1 Å². The fourth-order valence-electron chi connectivity index (χ4n) is 2.71. The van der Waals surface area contributed by atoms with Gasteiger partial charge in [0.1, 0.15) is 0 Å². The monoisotopic (exact) mass is 237 g/mol. The van der Waals surface area contributed by atoms with E-state index in [9.17, 15) is 0 Å². The summed E-state index contributed by atoms with van der Waals surface area (Å²) in [6.45, 7) is 7.07. The van der Waals surface area contributed by atoms with Crippen LogP contribution in [0.25, 0.3) is 0 Å². The lowest BCUT2D eigenvalue weighted by molar-refractivity contribution is 0.217. The Bertz CT molecular complexity index is 307. The van der Waals surface area contributed by atoms with Gasteiger partial charge in [-0.25, -0.2) is 0 Å². The van der Waals surface area contributed by atoms with Crippen molar-refractivity contribution in [3.63, 3.8) is 0 Å². The summed E-state index contributed by atoms with van der Waals surface area (Å²) in [6.07, 6.45) is 4.14. The zero-order valence-corrected chi connectivity index (χ0v) is 11.4. The molecular weight excluding hydrogens is 214 g/mol. The Kier molecular flexibility index (Phi) is 4.04. The van der Waals surface area contributed by atoms with Gasteiger partial charge in [0, 0.05) is 17.0 Å². The maximum atomic E-state index is 3.81. The molecule has 0 bridgehead atoms. The van der Waals surface area contributed by atoms with Crippen molar-refractivity contribution < 1.29 is 0 Å². The fraction of sp³-hybridized carbons (Fsp3) is 0.714. The molecule has 0 aliphatic heterocycles. The smallest absolute Gasteiger partial charge is 0.0388 e. The Labute approximate surface area is 103 Å². The fourth-order valence-corrected chi connectivity index (χ4v) is 3.45. The van der Waals surface area contributed by atoms with Crippen LogP contribution in [0.1, 0.15) is 51.0 Å². The lowest BCUT2D eigenvalue weighted by Gasteiger charge is -2.35. The lowest BCUT2D eigenvalue weighted by atomic mass is 9.80. The molecule has 4 unspecified atom stereocenters. The summed E-state index contributed by atoms with van der Waals surface area (Å²) in [5.74, 6) is 1.72. The molecule has 1 aliphatic rings. The van der Waals surface area contributed by atoms with Crippen molar-refractivity contribution >= 4 is 11.3 Å². The van der Waals surface area contributed by atoms with Gasteiger partial charge in [-0.05, 0) is 43.0 Å². The van der Waals surface area contributed by atoms with Gasteiger partial charge in [0.05, 0.1) is 0 Å². The molecule has 1 nitrogen and oxygen atoms in total. The van der Waals surface area contributed by atoms with Crippen LogP contribution in [0, 0.1) is 11.8 Å². The zero-order chi connectivity index (χ0) is 11.5. The summed E-state index contributed by atoms with van der Waals surface area (Å²) in [4.78, 5) is 1.46. The van der Waals surface area contributed by atoms with Crippen LogP contribution < -0.4 is 5.32 Å². The van der Waals surface area contributed by atoms with Crippen LogP contribution in [0.5, 0.6) is 0 Å². The zero-order valence-electron chi connectivity index (χ0n) is 10.6. The number of nitrogens with one attached hydrogen (secondary N) is 1. The highest BCUT2D eigenvalue weighted by Crippen LogP contribution is 2.30. The summed E-state index contributed by atoms with van der Waals surface area (Å²) in [7, 11) is 0. The van der Waals surface area contributed by atoms with Gasteiger partial charge in [0.15, 0.2) is 0 Å². The van der Waals surface area contributed by atoms with E-state index >= 15 is 0 Å². The van der Waals surface area contributed by atoms with Crippen molar-refractivity contribution in [2.24, 2.45) is 11.8 Å². The highest BCUT2D eigenvalue weighted by Gasteiger charge is 2.26. The number of rotatable bonds is 3. The first-order valence-electron chi connectivity index (χ1n) is 6.46. The first kappa shape index (κ1) is 12.1. The third-order valence-electron chi connectivity index (χ3n) is 3.89. The summed E-state index contributed by atoms with van der Waals surface area (Å²) >= 11 is 1.86. The predicted octanol–water partition coefficient (Wildman–Crippen LogP) is 4.22. The van der Waals surface area contributed by atoms with Gasteiger partial charge in [-0.1, -0.05) is 26.3 Å². The van der Waals surface area contributed by atoms with Crippen LogP contribution in [0.4, 0.5) is 0 Å². The van der Waals surface area contributed by atoms with Crippen molar-refractivity contribution in [3.05, 3.63) is 22.4 Å². The lowest BCUT2D eigenvalue weighted by Crippen LogP contribution is -2.40. The average molecular weight is 237 g/mol. The Balaban J connectivity index is 1.93. The summed E-state index contributed by atoms with van der Waals surface area (Å²) in [6, 6.07) is 5.60. The highest BCUT2D eigenvalue weighted by molar-refractivity contribution is 7.10. The van der Waals surface area contributed by atoms with Gasteiger partial charge < -0.3 is 5.32 Å². The molecule has 0 radical (unpaired) electrons. The second-order valence-corrected chi connectivity index (χ2v) is 6.39. The van der Waals surface area contributed by atoms with Crippen LogP contribution in [0.15, 0.2) is 17.5 Å². The molecule has 2 rings (SSSR count). The minimum Gasteiger partial charge on any atom is -0.306 e.